The Labute approximate surface area is 135 Å². The zero-order chi connectivity index (χ0) is 17.4. The molecule has 122 valence electrons. The predicted octanol–water partition coefficient (Wildman–Crippen LogP) is 1.57. The number of carbonyl (C=O) groups excluding carboxylic acids is 2. The summed E-state index contributed by atoms with van der Waals surface area (Å²) in [5.74, 6) is -2.83. The number of amides is 2. The van der Waals surface area contributed by atoms with Crippen LogP contribution in [-0.4, -0.2) is 24.2 Å². The van der Waals surface area contributed by atoms with Crippen LogP contribution in [-0.2, 0) is 9.59 Å². The van der Waals surface area contributed by atoms with Crippen molar-refractivity contribution in [2.24, 2.45) is 10.2 Å². The molecule has 0 aliphatic heterocycles. The summed E-state index contributed by atoms with van der Waals surface area (Å²) in [5.41, 5.74) is 5.10. The zero-order valence-corrected chi connectivity index (χ0v) is 12.2. The minimum atomic E-state index is -1.02. The molecular formula is C16H12F2N4O2. The van der Waals surface area contributed by atoms with E-state index in [0.717, 1.165) is 0 Å². The standard InChI is InChI=1S/C16H12F2N4O2/c17-13-5-1-11(2-6-13)9-19-21-15(23)16(24)22-20-10-12-3-7-14(18)8-4-12/h1-10H,(H,21,23)(H,22,24). The Balaban J connectivity index is 1.80. The van der Waals surface area contributed by atoms with Crippen molar-refractivity contribution in [2.75, 3.05) is 0 Å². The van der Waals surface area contributed by atoms with Gasteiger partial charge in [-0.15, -0.1) is 0 Å². The topological polar surface area (TPSA) is 82.9 Å². The summed E-state index contributed by atoms with van der Waals surface area (Å²) in [4.78, 5) is 22.9. The first-order chi connectivity index (χ1) is 11.5. The van der Waals surface area contributed by atoms with Crippen molar-refractivity contribution in [3.8, 4) is 0 Å². The Hall–Kier alpha value is -3.42. The molecule has 0 bridgehead atoms. The van der Waals surface area contributed by atoms with Crippen molar-refractivity contribution in [1.82, 2.24) is 10.9 Å². The Morgan fingerprint density at radius 2 is 1.04 bits per heavy atom. The molecule has 6 nitrogen and oxygen atoms in total. The number of halogens is 2. The normalized spacial score (nSPS) is 10.9. The minimum absolute atomic E-state index is 0.394. The molecule has 0 fully saturated rings. The van der Waals surface area contributed by atoms with Crippen LogP contribution in [0.1, 0.15) is 11.1 Å². The number of hydrazone groups is 2. The fourth-order valence-electron chi connectivity index (χ4n) is 1.53. The van der Waals surface area contributed by atoms with E-state index < -0.39 is 23.4 Å². The molecule has 8 heteroatoms. The molecule has 0 unspecified atom stereocenters. The maximum atomic E-state index is 12.7. The number of rotatable bonds is 4. The van der Waals surface area contributed by atoms with Crippen molar-refractivity contribution in [3.05, 3.63) is 71.3 Å². The van der Waals surface area contributed by atoms with E-state index in [4.69, 9.17) is 0 Å². The number of carbonyl (C=O) groups is 2. The van der Waals surface area contributed by atoms with E-state index in [-0.39, 0.29) is 0 Å². The lowest BCUT2D eigenvalue weighted by atomic mass is 10.2. The van der Waals surface area contributed by atoms with Gasteiger partial charge in [-0.1, -0.05) is 24.3 Å². The quantitative estimate of drug-likeness (QED) is 0.507. The molecular weight excluding hydrogens is 318 g/mol. The van der Waals surface area contributed by atoms with Gasteiger partial charge in [0, 0.05) is 0 Å². The lowest BCUT2D eigenvalue weighted by molar-refractivity contribution is -0.139. The fraction of sp³-hybridized carbons (Fsp3) is 0. The molecule has 0 aromatic heterocycles. The number of nitrogens with one attached hydrogen (secondary N) is 2. The average Bonchev–Trinajstić information content (AvgIpc) is 2.58. The molecule has 2 aromatic carbocycles. The van der Waals surface area contributed by atoms with Crippen LogP contribution in [0.25, 0.3) is 0 Å². The lowest BCUT2D eigenvalue weighted by Crippen LogP contribution is -2.35. The third-order valence-electron chi connectivity index (χ3n) is 2.71. The molecule has 0 aliphatic rings. The molecule has 0 heterocycles. The SMILES string of the molecule is O=C(NN=Cc1ccc(F)cc1)C(=O)NN=Cc1ccc(F)cc1. The van der Waals surface area contributed by atoms with Gasteiger partial charge in [0.05, 0.1) is 12.4 Å². The highest BCUT2D eigenvalue weighted by atomic mass is 19.1. The molecule has 0 radical (unpaired) electrons. The highest BCUT2D eigenvalue weighted by Gasteiger charge is 2.10. The highest BCUT2D eigenvalue weighted by Crippen LogP contribution is 2.00. The van der Waals surface area contributed by atoms with Crippen LogP contribution in [0.4, 0.5) is 8.78 Å². The van der Waals surface area contributed by atoms with Crippen molar-refractivity contribution < 1.29 is 18.4 Å². The second-order valence-electron chi connectivity index (χ2n) is 4.50. The summed E-state index contributed by atoms with van der Waals surface area (Å²) in [7, 11) is 0. The molecule has 24 heavy (non-hydrogen) atoms. The maximum absolute atomic E-state index is 12.7. The minimum Gasteiger partial charge on any atom is -0.262 e. The van der Waals surface area contributed by atoms with Crippen molar-refractivity contribution in [3.63, 3.8) is 0 Å². The molecule has 0 saturated carbocycles. The number of hydrogen-bond acceptors (Lipinski definition) is 4. The molecule has 2 N–H and O–H groups in total. The van der Waals surface area contributed by atoms with E-state index in [1.165, 1.54) is 61.0 Å². The number of benzene rings is 2. The van der Waals surface area contributed by atoms with Crippen LogP contribution in [0, 0.1) is 11.6 Å². The van der Waals surface area contributed by atoms with E-state index in [0.29, 0.717) is 11.1 Å². The van der Waals surface area contributed by atoms with Gasteiger partial charge in [-0.05, 0) is 35.4 Å². The van der Waals surface area contributed by atoms with Gasteiger partial charge < -0.3 is 0 Å². The first-order valence-electron chi connectivity index (χ1n) is 6.72. The van der Waals surface area contributed by atoms with Gasteiger partial charge >= 0.3 is 11.8 Å². The van der Waals surface area contributed by atoms with Gasteiger partial charge in [-0.2, -0.15) is 10.2 Å². The summed E-state index contributed by atoms with van der Waals surface area (Å²) in [6, 6.07) is 10.8. The van der Waals surface area contributed by atoms with Crippen LogP contribution in [0.3, 0.4) is 0 Å². The molecule has 0 spiro atoms. The molecule has 0 aliphatic carbocycles. The summed E-state index contributed by atoms with van der Waals surface area (Å²) < 4.78 is 25.4. The third kappa shape index (κ3) is 5.41. The van der Waals surface area contributed by atoms with Crippen LogP contribution in [0.5, 0.6) is 0 Å². The largest absolute Gasteiger partial charge is 0.331 e. The fourth-order valence-corrected chi connectivity index (χ4v) is 1.53. The molecule has 0 atom stereocenters. The highest BCUT2D eigenvalue weighted by molar-refractivity contribution is 6.35. The molecule has 2 amide bonds. The van der Waals surface area contributed by atoms with Crippen LogP contribution in [0.15, 0.2) is 58.7 Å². The summed E-state index contributed by atoms with van der Waals surface area (Å²) in [6.07, 6.45) is 2.51. The van der Waals surface area contributed by atoms with Crippen LogP contribution < -0.4 is 10.9 Å². The van der Waals surface area contributed by atoms with E-state index in [1.54, 1.807) is 0 Å². The van der Waals surface area contributed by atoms with Crippen molar-refractivity contribution in [1.29, 1.82) is 0 Å². The van der Waals surface area contributed by atoms with E-state index in [1.807, 2.05) is 10.9 Å². The van der Waals surface area contributed by atoms with Gasteiger partial charge in [0.25, 0.3) is 0 Å². The molecule has 2 aromatic rings. The Bertz CT molecular complexity index is 704. The Morgan fingerprint density at radius 3 is 1.38 bits per heavy atom. The van der Waals surface area contributed by atoms with Gasteiger partial charge in [-0.3, -0.25) is 9.59 Å². The molecule has 2 rings (SSSR count). The first kappa shape index (κ1) is 16.9. The van der Waals surface area contributed by atoms with Gasteiger partial charge in [0.2, 0.25) is 0 Å². The van der Waals surface area contributed by atoms with Crippen molar-refractivity contribution >= 4 is 24.2 Å². The summed E-state index contributed by atoms with van der Waals surface area (Å²) >= 11 is 0. The summed E-state index contributed by atoms with van der Waals surface area (Å²) in [6.45, 7) is 0. The summed E-state index contributed by atoms with van der Waals surface area (Å²) in [5, 5.41) is 7.13. The van der Waals surface area contributed by atoms with Gasteiger partial charge in [0.1, 0.15) is 11.6 Å². The molecule has 0 saturated heterocycles. The van der Waals surface area contributed by atoms with Gasteiger partial charge in [0.15, 0.2) is 0 Å². The number of nitrogens with zero attached hydrogens (tertiary/aromatic N) is 2. The Kier molecular flexibility index (Phi) is 5.84. The van der Waals surface area contributed by atoms with E-state index >= 15 is 0 Å². The van der Waals surface area contributed by atoms with Crippen molar-refractivity contribution in [2.45, 2.75) is 0 Å². The number of hydrogen-bond donors (Lipinski definition) is 2. The maximum Gasteiger partial charge on any atom is 0.331 e. The second-order valence-corrected chi connectivity index (χ2v) is 4.50. The van der Waals surface area contributed by atoms with E-state index in [2.05, 4.69) is 10.2 Å². The first-order valence-corrected chi connectivity index (χ1v) is 6.72. The Morgan fingerprint density at radius 1 is 0.708 bits per heavy atom. The predicted molar refractivity (Wildman–Crippen MR) is 84.3 cm³/mol. The van der Waals surface area contributed by atoms with Crippen LogP contribution in [0.2, 0.25) is 0 Å². The monoisotopic (exact) mass is 330 g/mol. The smallest absolute Gasteiger partial charge is 0.262 e. The average molecular weight is 330 g/mol. The lowest BCUT2D eigenvalue weighted by Gasteiger charge is -1.98. The van der Waals surface area contributed by atoms with Gasteiger partial charge in [-0.25, -0.2) is 19.6 Å². The van der Waals surface area contributed by atoms with Crippen LogP contribution >= 0.6 is 0 Å². The second kappa shape index (κ2) is 8.28. The zero-order valence-electron chi connectivity index (χ0n) is 12.2. The third-order valence-corrected chi connectivity index (χ3v) is 2.71. The van der Waals surface area contributed by atoms with E-state index in [9.17, 15) is 18.4 Å².